The Labute approximate surface area is 208 Å². The lowest BCUT2D eigenvalue weighted by molar-refractivity contribution is 0.0729. The van der Waals surface area contributed by atoms with Crippen LogP contribution >= 0.6 is 0 Å². The Bertz CT molecular complexity index is 935. The summed E-state index contributed by atoms with van der Waals surface area (Å²) in [5, 5.41) is 0. The molecular weight excluding hydrogens is 449 g/mol. The molecule has 2 aromatic carbocycles. The normalized spacial score (nSPS) is 17.9. The van der Waals surface area contributed by atoms with Gasteiger partial charge in [0.2, 0.25) is 0 Å². The average Bonchev–Trinajstić information content (AvgIpc) is 2.85. The third-order valence-electron chi connectivity index (χ3n) is 7.38. The quantitative estimate of drug-likeness (QED) is 0.160. The van der Waals surface area contributed by atoms with Gasteiger partial charge in [-0.05, 0) is 54.5 Å². The van der Waals surface area contributed by atoms with Crippen molar-refractivity contribution in [2.75, 3.05) is 0 Å². The number of hydrogen-bond acceptors (Lipinski definition) is 2. The number of halogens is 3. The van der Waals surface area contributed by atoms with Crippen LogP contribution in [0.5, 0.6) is 5.75 Å². The molecule has 0 unspecified atom stereocenters. The van der Waals surface area contributed by atoms with Crippen LogP contribution in [0.25, 0.3) is 0 Å². The summed E-state index contributed by atoms with van der Waals surface area (Å²) in [6.07, 6.45) is 17.9. The molecule has 2 aromatic rings. The van der Waals surface area contributed by atoms with Crippen LogP contribution in [-0.4, -0.2) is 5.97 Å². The molecule has 192 valence electrons. The Morgan fingerprint density at radius 2 is 1.43 bits per heavy atom. The van der Waals surface area contributed by atoms with Crippen LogP contribution in [0.1, 0.15) is 106 Å². The van der Waals surface area contributed by atoms with Gasteiger partial charge in [0, 0.05) is 6.07 Å². The Balaban J connectivity index is 1.36. The van der Waals surface area contributed by atoms with Crippen molar-refractivity contribution in [2.24, 2.45) is 11.8 Å². The van der Waals surface area contributed by atoms with Crippen molar-refractivity contribution < 1.29 is 22.7 Å². The van der Waals surface area contributed by atoms with Crippen molar-refractivity contribution in [3.8, 4) is 5.75 Å². The Morgan fingerprint density at radius 1 is 0.771 bits per heavy atom. The van der Waals surface area contributed by atoms with Gasteiger partial charge in [-0.3, -0.25) is 0 Å². The summed E-state index contributed by atoms with van der Waals surface area (Å²) >= 11 is 0. The maximum atomic E-state index is 14.6. The molecule has 0 aromatic heterocycles. The zero-order valence-electron chi connectivity index (χ0n) is 21.0. The van der Waals surface area contributed by atoms with E-state index in [0.29, 0.717) is 5.92 Å². The van der Waals surface area contributed by atoms with Gasteiger partial charge in [0.05, 0.1) is 5.56 Å². The van der Waals surface area contributed by atoms with E-state index in [2.05, 4.69) is 6.92 Å². The molecule has 3 rings (SSSR count). The molecule has 2 nitrogen and oxygen atoms in total. The van der Waals surface area contributed by atoms with E-state index in [-0.39, 0.29) is 11.3 Å². The minimum atomic E-state index is -1.13. The smallest absolute Gasteiger partial charge is 0.346 e. The van der Waals surface area contributed by atoms with Crippen LogP contribution in [0.2, 0.25) is 0 Å². The second kappa shape index (κ2) is 14.3. The standard InChI is InChI=1S/C30H39F3O2/c1-2-3-4-5-6-7-8-9-22-10-12-23(13-11-22)14-15-24-16-18-26(28(32)20-24)30(34)35-25-17-19-27(31)29(33)21-25/h16-23H,2-15H2,1H3/t22-,23-. The van der Waals surface area contributed by atoms with Crippen molar-refractivity contribution >= 4 is 5.97 Å². The number of esters is 1. The van der Waals surface area contributed by atoms with Gasteiger partial charge >= 0.3 is 5.97 Å². The molecule has 35 heavy (non-hydrogen) atoms. The summed E-state index contributed by atoms with van der Waals surface area (Å²) in [5.74, 6) is -2.37. The van der Waals surface area contributed by atoms with Crippen molar-refractivity contribution in [1.82, 2.24) is 0 Å². The molecular formula is C30H39F3O2. The molecule has 0 amide bonds. The van der Waals surface area contributed by atoms with E-state index in [4.69, 9.17) is 4.74 Å². The van der Waals surface area contributed by atoms with E-state index in [1.165, 1.54) is 89.2 Å². The van der Waals surface area contributed by atoms with Gasteiger partial charge < -0.3 is 4.74 Å². The molecule has 0 radical (unpaired) electrons. The molecule has 1 aliphatic carbocycles. The number of ether oxygens (including phenoxy) is 1. The first-order valence-electron chi connectivity index (χ1n) is 13.4. The third-order valence-corrected chi connectivity index (χ3v) is 7.38. The van der Waals surface area contributed by atoms with Crippen LogP contribution in [0.3, 0.4) is 0 Å². The highest BCUT2D eigenvalue weighted by Crippen LogP contribution is 2.34. The van der Waals surface area contributed by atoms with Crippen molar-refractivity contribution in [3.05, 3.63) is 65.0 Å². The van der Waals surface area contributed by atoms with Crippen LogP contribution in [0.15, 0.2) is 36.4 Å². The lowest BCUT2D eigenvalue weighted by Gasteiger charge is -2.28. The Kier molecular flexibility index (Phi) is 11.2. The first-order valence-corrected chi connectivity index (χ1v) is 13.4. The fourth-order valence-electron chi connectivity index (χ4n) is 5.15. The van der Waals surface area contributed by atoms with E-state index >= 15 is 0 Å². The summed E-state index contributed by atoms with van der Waals surface area (Å²) in [7, 11) is 0. The van der Waals surface area contributed by atoms with Gasteiger partial charge in [-0.25, -0.2) is 18.0 Å². The minimum absolute atomic E-state index is 0.167. The summed E-state index contributed by atoms with van der Waals surface area (Å²) in [5.41, 5.74) is 0.640. The first kappa shape index (κ1) is 27.3. The fraction of sp³-hybridized carbons (Fsp3) is 0.567. The molecule has 0 heterocycles. The number of carbonyl (C=O) groups is 1. The topological polar surface area (TPSA) is 26.3 Å². The molecule has 1 aliphatic rings. The van der Waals surface area contributed by atoms with E-state index in [9.17, 15) is 18.0 Å². The van der Waals surface area contributed by atoms with Gasteiger partial charge in [0.25, 0.3) is 0 Å². The van der Waals surface area contributed by atoms with E-state index in [0.717, 1.165) is 42.5 Å². The van der Waals surface area contributed by atoms with Crippen LogP contribution < -0.4 is 4.74 Å². The fourth-order valence-corrected chi connectivity index (χ4v) is 5.15. The molecule has 0 N–H and O–H groups in total. The number of benzene rings is 2. The average molecular weight is 489 g/mol. The molecule has 0 atom stereocenters. The summed E-state index contributed by atoms with van der Waals surface area (Å²) < 4.78 is 45.9. The minimum Gasteiger partial charge on any atom is -0.423 e. The Morgan fingerprint density at radius 3 is 2.09 bits per heavy atom. The molecule has 0 bridgehead atoms. The van der Waals surface area contributed by atoms with Crippen LogP contribution in [0.4, 0.5) is 13.2 Å². The maximum absolute atomic E-state index is 14.6. The second-order valence-electron chi connectivity index (χ2n) is 10.1. The van der Waals surface area contributed by atoms with Gasteiger partial charge in [-0.2, -0.15) is 0 Å². The monoisotopic (exact) mass is 488 g/mol. The molecule has 0 saturated heterocycles. The van der Waals surface area contributed by atoms with Crippen molar-refractivity contribution in [1.29, 1.82) is 0 Å². The third kappa shape index (κ3) is 9.01. The van der Waals surface area contributed by atoms with Gasteiger partial charge in [0.15, 0.2) is 11.6 Å². The van der Waals surface area contributed by atoms with Crippen molar-refractivity contribution in [2.45, 2.75) is 96.8 Å². The number of carbonyl (C=O) groups excluding carboxylic acids is 1. The first-order chi connectivity index (χ1) is 17.0. The second-order valence-corrected chi connectivity index (χ2v) is 10.1. The number of unbranched alkanes of at least 4 members (excludes halogenated alkanes) is 6. The summed E-state index contributed by atoms with van der Waals surface area (Å²) in [6, 6.07) is 7.30. The van der Waals surface area contributed by atoms with Gasteiger partial charge in [-0.15, -0.1) is 0 Å². The highest BCUT2D eigenvalue weighted by atomic mass is 19.2. The largest absolute Gasteiger partial charge is 0.423 e. The lowest BCUT2D eigenvalue weighted by atomic mass is 9.77. The van der Waals surface area contributed by atoms with Crippen LogP contribution in [-0.2, 0) is 6.42 Å². The SMILES string of the molecule is CCCCCCCCC[C@H]1CC[C@H](CCc2ccc(C(=O)Oc3ccc(F)c(F)c3)c(F)c2)CC1. The molecule has 0 spiro atoms. The molecule has 5 heteroatoms. The summed E-state index contributed by atoms with van der Waals surface area (Å²) in [6.45, 7) is 2.26. The predicted molar refractivity (Wildman–Crippen MR) is 134 cm³/mol. The van der Waals surface area contributed by atoms with E-state index < -0.39 is 23.4 Å². The number of hydrogen-bond donors (Lipinski definition) is 0. The molecule has 1 saturated carbocycles. The predicted octanol–water partition coefficient (Wildman–Crippen LogP) is 9.20. The highest BCUT2D eigenvalue weighted by molar-refractivity contribution is 5.91. The van der Waals surface area contributed by atoms with Crippen molar-refractivity contribution in [3.63, 3.8) is 0 Å². The highest BCUT2D eigenvalue weighted by Gasteiger charge is 2.21. The van der Waals surface area contributed by atoms with E-state index in [1.807, 2.05) is 0 Å². The zero-order valence-corrected chi connectivity index (χ0v) is 21.0. The maximum Gasteiger partial charge on any atom is 0.346 e. The van der Waals surface area contributed by atoms with Crippen LogP contribution in [0, 0.1) is 29.3 Å². The molecule has 0 aliphatic heterocycles. The zero-order chi connectivity index (χ0) is 25.0. The molecule has 1 fully saturated rings. The number of rotatable bonds is 13. The Hall–Kier alpha value is -2.30. The van der Waals surface area contributed by atoms with Gasteiger partial charge in [0.1, 0.15) is 11.6 Å². The summed E-state index contributed by atoms with van der Waals surface area (Å²) in [4.78, 5) is 12.3. The van der Waals surface area contributed by atoms with Gasteiger partial charge in [-0.1, -0.05) is 90.0 Å². The van der Waals surface area contributed by atoms with E-state index in [1.54, 1.807) is 6.07 Å². The lowest BCUT2D eigenvalue weighted by Crippen LogP contribution is -2.15. The number of aryl methyl sites for hydroxylation is 1.